The first kappa shape index (κ1) is 22.9. The van der Waals surface area contributed by atoms with Gasteiger partial charge in [0.25, 0.3) is 20.4 Å². The van der Waals surface area contributed by atoms with E-state index in [9.17, 15) is 0 Å². The summed E-state index contributed by atoms with van der Waals surface area (Å²) in [6.45, 7) is 13.5. The summed E-state index contributed by atoms with van der Waals surface area (Å²) >= 11 is 2.07. The van der Waals surface area contributed by atoms with Gasteiger partial charge in [0.15, 0.2) is 0 Å². The number of halogens is 1. The van der Waals surface area contributed by atoms with Crippen molar-refractivity contribution < 1.29 is 46.6 Å². The molecule has 0 unspecified atom stereocenters. The summed E-state index contributed by atoms with van der Waals surface area (Å²) in [5, 5.41) is 0. The van der Waals surface area contributed by atoms with Crippen LogP contribution in [0.5, 0.6) is 0 Å². The van der Waals surface area contributed by atoms with Gasteiger partial charge >= 0.3 is 48.4 Å². The second-order valence-corrected chi connectivity index (χ2v) is 2.55. The standard InChI is InChI=1S/C5H5.3CO.ClH.Mo/c1-2-4-5-3-1;3*1-2;;/h1-3H,4H2;;;;1H;/q;;;;;+1/p-1. The summed E-state index contributed by atoms with van der Waals surface area (Å²) in [5.74, 6) is 0. The molecule has 0 N–H and O–H groups in total. The molecule has 5 heteroatoms. The normalized spacial score (nSPS) is 9.38. The van der Waals surface area contributed by atoms with Crippen molar-refractivity contribution in [3.05, 3.63) is 22.2 Å². The molecule has 6 radical (unpaired) electrons. The average molecular weight is 281 g/mol. The van der Waals surface area contributed by atoms with Crippen molar-refractivity contribution in [1.82, 2.24) is 0 Å². The van der Waals surface area contributed by atoms with Crippen LogP contribution in [-0.2, 0) is 34.2 Å². The van der Waals surface area contributed by atoms with E-state index in [1.54, 1.807) is 0 Å². The second kappa shape index (κ2) is 30.0. The van der Waals surface area contributed by atoms with Gasteiger partial charge in [-0.15, -0.1) is 0 Å². The molecule has 0 fully saturated rings. The van der Waals surface area contributed by atoms with Crippen LogP contribution in [0.3, 0.4) is 0 Å². The Bertz CT molecular complexity index is 144. The molecule has 0 amide bonds. The number of carbonyl (C=O) groups excluding carboxylic acids is 3. The Hall–Kier alpha value is -0.532. The van der Waals surface area contributed by atoms with Gasteiger partial charge in [-0.25, -0.2) is 0 Å². The first-order valence-electron chi connectivity index (χ1n) is 2.53. The summed E-state index contributed by atoms with van der Waals surface area (Å²) in [5.41, 5.74) is 0. The van der Waals surface area contributed by atoms with Gasteiger partial charge in [0.1, 0.15) is 0 Å². The molecule has 0 spiro atoms. The molecule has 1 aliphatic rings. The van der Waals surface area contributed by atoms with Crippen LogP contribution in [0, 0.1) is 0 Å². The molecular weight excluding hydrogens is 275 g/mol. The molecule has 0 bridgehead atoms. The van der Waals surface area contributed by atoms with Gasteiger partial charge in [0.2, 0.25) is 0 Å². The quantitative estimate of drug-likeness (QED) is 0.450. The minimum atomic E-state index is 0. The van der Waals surface area contributed by atoms with Crippen LogP contribution >= 0.6 is 0 Å². The summed E-state index contributed by atoms with van der Waals surface area (Å²) in [4.78, 5) is 22.5. The van der Waals surface area contributed by atoms with Crippen LogP contribution in [0.4, 0.5) is 0 Å². The zero-order valence-electron chi connectivity index (χ0n) is 6.45. The van der Waals surface area contributed by atoms with Crippen LogP contribution < -0.4 is 12.4 Å². The Balaban J connectivity index is -0.0000000508. The van der Waals surface area contributed by atoms with E-state index in [-0.39, 0.29) is 12.4 Å². The number of allylic oxidation sites excluding steroid dienone is 4. The predicted octanol–water partition coefficient (Wildman–Crippen LogP) is -2.81. The number of hydrogen-bond donors (Lipinski definition) is 0. The molecule has 1 aliphatic carbocycles. The van der Waals surface area contributed by atoms with Gasteiger partial charge < -0.3 is 12.4 Å². The molecule has 0 saturated carbocycles. The zero-order chi connectivity index (χ0) is 10.4. The van der Waals surface area contributed by atoms with Crippen LogP contribution in [0.2, 0.25) is 0 Å². The molecule has 68 valence electrons. The molecule has 0 aromatic carbocycles. The maximum atomic E-state index is 7.50. The molecule has 13 heavy (non-hydrogen) atoms. The molecule has 3 nitrogen and oxygen atoms in total. The molecular formula is C8H5ClMoO3. The fraction of sp³-hybridized carbons (Fsp3) is 0.125. The fourth-order valence-corrected chi connectivity index (χ4v) is 0.857. The van der Waals surface area contributed by atoms with E-state index in [0.717, 1.165) is 0 Å². The van der Waals surface area contributed by atoms with Crippen molar-refractivity contribution in [2.75, 3.05) is 0 Å². The Kier molecular flexibility index (Phi) is 52.8. The maximum absolute atomic E-state index is 7.50. The van der Waals surface area contributed by atoms with Crippen LogP contribution in [0.15, 0.2) is 22.2 Å². The van der Waals surface area contributed by atoms with E-state index < -0.39 is 0 Å². The third kappa shape index (κ3) is 24.6. The van der Waals surface area contributed by atoms with Crippen molar-refractivity contribution >= 4 is 20.4 Å². The zero-order valence-corrected chi connectivity index (χ0v) is 9.21. The Labute approximate surface area is 95.6 Å². The van der Waals surface area contributed by atoms with Crippen molar-refractivity contribution in [2.45, 2.75) is 6.42 Å². The molecule has 0 saturated heterocycles. The molecule has 1 rings (SSSR count). The summed E-state index contributed by atoms with van der Waals surface area (Å²) in [6.07, 6.45) is 7.57. The third-order valence-electron chi connectivity index (χ3n) is 0.737. The summed E-state index contributed by atoms with van der Waals surface area (Å²) in [7, 11) is 0. The fourth-order valence-electron chi connectivity index (χ4n) is 0.428. The van der Waals surface area contributed by atoms with E-state index in [2.05, 4.69) is 58.4 Å². The summed E-state index contributed by atoms with van der Waals surface area (Å²) < 4.78 is 1.48. The average Bonchev–Trinajstić information content (AvgIpc) is 2.66. The van der Waals surface area contributed by atoms with Gasteiger partial charge in [0.05, 0.1) is 0 Å². The minimum absolute atomic E-state index is 0. The number of rotatable bonds is 0. The monoisotopic (exact) mass is 282 g/mol. The van der Waals surface area contributed by atoms with Gasteiger partial charge in [0, 0.05) is 0 Å². The van der Waals surface area contributed by atoms with Crippen molar-refractivity contribution in [3.63, 3.8) is 0 Å². The van der Waals surface area contributed by atoms with Gasteiger partial charge in [-0.2, -0.15) is 0 Å². The van der Waals surface area contributed by atoms with Crippen LogP contribution in [0.25, 0.3) is 0 Å². The predicted molar refractivity (Wildman–Crippen MR) is 38.9 cm³/mol. The second-order valence-electron chi connectivity index (χ2n) is 1.27. The van der Waals surface area contributed by atoms with Gasteiger partial charge in [-0.05, 0) is 0 Å². The third-order valence-corrected chi connectivity index (χ3v) is 1.48. The first-order chi connectivity index (χ1) is 5.89. The van der Waals surface area contributed by atoms with E-state index in [0.29, 0.717) is 0 Å². The first-order valence-corrected chi connectivity index (χ1v) is 3.54. The molecule has 0 atom stereocenters. The molecule has 0 aromatic rings. The van der Waals surface area contributed by atoms with E-state index in [4.69, 9.17) is 14.4 Å². The SMILES string of the molecule is [C]=O.[C]=O.[C]=O.[Cl-].[Mo+][C]1=CC=CC1. The Morgan fingerprint density at radius 3 is 1.54 bits per heavy atom. The van der Waals surface area contributed by atoms with E-state index in [1.165, 1.54) is 10.4 Å². The Morgan fingerprint density at radius 1 is 1.08 bits per heavy atom. The van der Waals surface area contributed by atoms with E-state index in [1.807, 2.05) is 0 Å². The van der Waals surface area contributed by atoms with E-state index >= 15 is 0 Å². The van der Waals surface area contributed by atoms with Gasteiger partial charge in [-0.3, -0.25) is 14.4 Å². The van der Waals surface area contributed by atoms with Gasteiger partial charge in [-0.1, -0.05) is 0 Å². The summed E-state index contributed by atoms with van der Waals surface area (Å²) in [6, 6.07) is 0. The van der Waals surface area contributed by atoms with Crippen LogP contribution in [0.1, 0.15) is 6.42 Å². The number of hydrogen-bond acceptors (Lipinski definition) is 3. The van der Waals surface area contributed by atoms with Crippen LogP contribution in [-0.4, -0.2) is 20.4 Å². The molecule has 0 heterocycles. The van der Waals surface area contributed by atoms with Crippen molar-refractivity contribution in [1.29, 1.82) is 0 Å². The molecule has 0 aromatic heterocycles. The topological polar surface area (TPSA) is 51.2 Å². The molecule has 0 aliphatic heterocycles. The van der Waals surface area contributed by atoms with Crippen molar-refractivity contribution in [3.8, 4) is 0 Å². The van der Waals surface area contributed by atoms with Crippen molar-refractivity contribution in [2.24, 2.45) is 0 Å². The Morgan fingerprint density at radius 2 is 1.46 bits per heavy atom.